The Morgan fingerprint density at radius 1 is 0.600 bits per heavy atom. The topological polar surface area (TPSA) is 17.1 Å². The standard InChI is InChI=1S/C13H27OP/c1-10(2,3)13(15-14,11(4,5)6)12(7,8)9/h1-9H3. The molecular formula is C13H27OP. The maximum atomic E-state index is 11.9. The molecule has 1 nitrogen and oxygen atoms in total. The minimum atomic E-state index is -0.229. The normalized spacial score (nSPS) is 15.8. The second-order valence-corrected chi connectivity index (χ2v) is 8.41. The van der Waals surface area contributed by atoms with Gasteiger partial charge in [0, 0.05) is 0 Å². The summed E-state index contributed by atoms with van der Waals surface area (Å²) in [6.45, 7) is 19.7. The van der Waals surface area contributed by atoms with E-state index in [9.17, 15) is 4.57 Å². The molecule has 0 amide bonds. The van der Waals surface area contributed by atoms with Crippen LogP contribution in [0.2, 0.25) is 0 Å². The van der Waals surface area contributed by atoms with E-state index in [0.717, 1.165) is 0 Å². The van der Waals surface area contributed by atoms with Crippen LogP contribution in [0, 0.1) is 16.2 Å². The van der Waals surface area contributed by atoms with Gasteiger partial charge in [-0.1, -0.05) is 62.3 Å². The average molecular weight is 230 g/mol. The number of hydrogen-bond acceptors (Lipinski definition) is 1. The van der Waals surface area contributed by atoms with Gasteiger partial charge in [-0.15, -0.1) is 0 Å². The minimum absolute atomic E-state index is 0.00675. The Kier molecular flexibility index (Phi) is 3.87. The lowest BCUT2D eigenvalue weighted by Crippen LogP contribution is -2.57. The molecular weight excluding hydrogens is 203 g/mol. The zero-order chi connectivity index (χ0) is 12.7. The monoisotopic (exact) mass is 230 g/mol. The van der Waals surface area contributed by atoms with E-state index in [0.29, 0.717) is 0 Å². The van der Waals surface area contributed by atoms with Crippen molar-refractivity contribution in [1.29, 1.82) is 0 Å². The molecule has 0 aromatic rings. The predicted octanol–water partition coefficient (Wildman–Crippen LogP) is 5.16. The van der Waals surface area contributed by atoms with E-state index in [2.05, 4.69) is 62.3 Å². The van der Waals surface area contributed by atoms with Crippen molar-refractivity contribution in [1.82, 2.24) is 0 Å². The van der Waals surface area contributed by atoms with E-state index < -0.39 is 0 Å². The van der Waals surface area contributed by atoms with Crippen molar-refractivity contribution in [2.45, 2.75) is 67.5 Å². The van der Waals surface area contributed by atoms with Gasteiger partial charge in [-0.25, -0.2) is 0 Å². The molecule has 0 saturated heterocycles. The molecule has 0 radical (unpaired) electrons. The van der Waals surface area contributed by atoms with Crippen LogP contribution in [0.3, 0.4) is 0 Å². The molecule has 0 aliphatic heterocycles. The fourth-order valence-electron chi connectivity index (χ4n) is 3.79. The first-order valence-corrected chi connectivity index (χ1v) is 6.47. The van der Waals surface area contributed by atoms with Crippen LogP contribution in [-0.2, 0) is 4.57 Å². The smallest absolute Gasteiger partial charge is 0.163 e. The summed E-state index contributed by atoms with van der Waals surface area (Å²) >= 11 is 0. The van der Waals surface area contributed by atoms with Crippen LogP contribution in [-0.4, -0.2) is 5.16 Å². The summed E-state index contributed by atoms with van der Waals surface area (Å²) in [5, 5.41) is -0.229. The summed E-state index contributed by atoms with van der Waals surface area (Å²) in [6, 6.07) is 0. The maximum absolute atomic E-state index is 11.9. The van der Waals surface area contributed by atoms with Gasteiger partial charge in [0.15, 0.2) is 8.46 Å². The Bertz CT molecular complexity index is 199. The van der Waals surface area contributed by atoms with Gasteiger partial charge in [0.25, 0.3) is 0 Å². The lowest BCUT2D eigenvalue weighted by molar-refractivity contribution is 0.0360. The van der Waals surface area contributed by atoms with Crippen molar-refractivity contribution in [2.24, 2.45) is 16.2 Å². The molecule has 0 fully saturated rings. The number of hydrogen-bond donors (Lipinski definition) is 0. The minimum Gasteiger partial charge on any atom is -0.274 e. The third-order valence-corrected chi connectivity index (χ3v) is 5.68. The van der Waals surface area contributed by atoms with Gasteiger partial charge in [0.2, 0.25) is 0 Å². The van der Waals surface area contributed by atoms with E-state index in [1.165, 1.54) is 0 Å². The Morgan fingerprint density at radius 3 is 0.800 bits per heavy atom. The van der Waals surface area contributed by atoms with Crippen LogP contribution in [0.15, 0.2) is 0 Å². The lowest BCUT2D eigenvalue weighted by Gasteiger charge is -2.56. The van der Waals surface area contributed by atoms with Gasteiger partial charge in [0.1, 0.15) is 0 Å². The molecule has 15 heavy (non-hydrogen) atoms. The van der Waals surface area contributed by atoms with Crippen molar-refractivity contribution >= 4 is 8.46 Å². The van der Waals surface area contributed by atoms with Crippen LogP contribution in [0.4, 0.5) is 0 Å². The third-order valence-electron chi connectivity index (χ3n) is 3.39. The molecule has 0 rings (SSSR count). The van der Waals surface area contributed by atoms with E-state index in [1.54, 1.807) is 0 Å². The lowest BCUT2D eigenvalue weighted by atomic mass is 9.55. The second kappa shape index (κ2) is 3.84. The SMILES string of the molecule is CC(C)(C)C(P=O)(C(C)(C)C)C(C)(C)C. The fourth-order valence-corrected chi connectivity index (χ4v) is 4.61. The Hall–Kier alpha value is 0.100. The molecule has 0 bridgehead atoms. The van der Waals surface area contributed by atoms with Crippen LogP contribution in [0.1, 0.15) is 62.3 Å². The molecule has 0 heterocycles. The Morgan fingerprint density at radius 2 is 0.800 bits per heavy atom. The molecule has 90 valence electrons. The van der Waals surface area contributed by atoms with Crippen molar-refractivity contribution in [3.63, 3.8) is 0 Å². The molecule has 0 unspecified atom stereocenters. The maximum Gasteiger partial charge on any atom is 0.163 e. The molecule has 0 aliphatic carbocycles. The molecule has 0 aliphatic rings. The molecule has 0 aromatic carbocycles. The van der Waals surface area contributed by atoms with Crippen LogP contribution < -0.4 is 0 Å². The largest absolute Gasteiger partial charge is 0.274 e. The highest BCUT2D eigenvalue weighted by molar-refractivity contribution is 7.26. The van der Waals surface area contributed by atoms with Gasteiger partial charge >= 0.3 is 0 Å². The van der Waals surface area contributed by atoms with Gasteiger partial charge in [-0.05, 0) is 16.2 Å². The summed E-state index contributed by atoms with van der Waals surface area (Å²) in [4.78, 5) is 0. The highest BCUT2D eigenvalue weighted by Crippen LogP contribution is 2.61. The van der Waals surface area contributed by atoms with Crippen LogP contribution in [0.5, 0.6) is 0 Å². The zero-order valence-electron chi connectivity index (χ0n) is 11.9. The van der Waals surface area contributed by atoms with Gasteiger partial charge < -0.3 is 0 Å². The first-order valence-electron chi connectivity index (χ1n) is 5.66. The highest BCUT2D eigenvalue weighted by Gasteiger charge is 2.58. The summed E-state index contributed by atoms with van der Waals surface area (Å²) < 4.78 is 11.9. The number of rotatable bonds is 1. The molecule has 0 spiro atoms. The van der Waals surface area contributed by atoms with E-state index in [4.69, 9.17) is 0 Å². The first-order chi connectivity index (χ1) is 6.31. The molecule has 0 atom stereocenters. The summed E-state index contributed by atoms with van der Waals surface area (Å²) in [7, 11) is 0.256. The van der Waals surface area contributed by atoms with Gasteiger partial charge in [-0.3, -0.25) is 4.57 Å². The van der Waals surface area contributed by atoms with E-state index in [-0.39, 0.29) is 29.9 Å². The van der Waals surface area contributed by atoms with E-state index in [1.807, 2.05) is 0 Å². The molecule has 0 aromatic heterocycles. The second-order valence-electron chi connectivity index (χ2n) is 7.55. The summed E-state index contributed by atoms with van der Waals surface area (Å²) in [5.41, 5.74) is 0.0203. The summed E-state index contributed by atoms with van der Waals surface area (Å²) in [6.07, 6.45) is 0. The zero-order valence-corrected chi connectivity index (χ0v) is 12.7. The first kappa shape index (κ1) is 15.1. The van der Waals surface area contributed by atoms with Crippen molar-refractivity contribution in [2.75, 3.05) is 0 Å². The molecule has 0 N–H and O–H groups in total. The molecule has 2 heteroatoms. The fraction of sp³-hybridized carbons (Fsp3) is 1.00. The van der Waals surface area contributed by atoms with Crippen LogP contribution >= 0.6 is 8.46 Å². The van der Waals surface area contributed by atoms with Crippen molar-refractivity contribution < 1.29 is 4.57 Å². The van der Waals surface area contributed by atoms with Crippen LogP contribution in [0.25, 0.3) is 0 Å². The van der Waals surface area contributed by atoms with Gasteiger partial charge in [0.05, 0.1) is 5.16 Å². The third kappa shape index (κ3) is 2.28. The van der Waals surface area contributed by atoms with Crippen molar-refractivity contribution in [3.05, 3.63) is 0 Å². The van der Waals surface area contributed by atoms with E-state index >= 15 is 0 Å². The highest BCUT2D eigenvalue weighted by atomic mass is 31.1. The quantitative estimate of drug-likeness (QED) is 0.569. The predicted molar refractivity (Wildman–Crippen MR) is 68.7 cm³/mol. The molecule has 0 saturated carbocycles. The Balaban J connectivity index is 5.89. The van der Waals surface area contributed by atoms with Crippen molar-refractivity contribution in [3.8, 4) is 0 Å². The summed E-state index contributed by atoms with van der Waals surface area (Å²) in [5.74, 6) is 0. The Labute approximate surface area is 97.2 Å². The average Bonchev–Trinajstić information content (AvgIpc) is 1.76. The van der Waals surface area contributed by atoms with Gasteiger partial charge in [-0.2, -0.15) is 0 Å².